The van der Waals surface area contributed by atoms with E-state index in [2.05, 4.69) is 6.92 Å². The fourth-order valence-electron chi connectivity index (χ4n) is 0.944. The molecule has 0 heterocycles. The molecule has 0 bridgehead atoms. The normalized spacial score (nSPS) is 9.79. The quantitative estimate of drug-likeness (QED) is 0.399. The Morgan fingerprint density at radius 3 is 2.64 bits per heavy atom. The third-order valence-corrected chi connectivity index (χ3v) is 1.62. The topological polar surface area (TPSA) is 46.5 Å². The smallest absolute Gasteiger partial charge is 0.341 e. The molecule has 4 heteroatoms. The second kappa shape index (κ2) is 12.7. The van der Waals surface area contributed by atoms with Gasteiger partial charge in [0.1, 0.15) is 0 Å². The van der Waals surface area contributed by atoms with Crippen molar-refractivity contribution in [3.63, 3.8) is 0 Å². The molecule has 0 fully saturated rings. The van der Waals surface area contributed by atoms with Gasteiger partial charge in [-0.2, -0.15) is 0 Å². The van der Waals surface area contributed by atoms with Crippen molar-refractivity contribution in [1.29, 1.82) is 0 Å². The minimum absolute atomic E-state index is 0. The summed E-state index contributed by atoms with van der Waals surface area (Å²) < 4.78 is 4.72. The van der Waals surface area contributed by atoms with E-state index in [4.69, 9.17) is 9.84 Å². The van der Waals surface area contributed by atoms with Gasteiger partial charge in [0.15, 0.2) is 6.61 Å². The molecule has 1 N–H and O–H groups in total. The first-order chi connectivity index (χ1) is 6.27. The number of hydrogen-bond acceptors (Lipinski definition) is 2. The van der Waals surface area contributed by atoms with Gasteiger partial charge in [-0.1, -0.05) is 26.2 Å². The average molecular weight is 234 g/mol. The van der Waals surface area contributed by atoms with Gasteiger partial charge in [0, 0.05) is 21.7 Å². The Hall–Kier alpha value is -0.276. The summed E-state index contributed by atoms with van der Waals surface area (Å²) in [4.78, 5) is 10.0. The molecule has 0 aromatic heterocycles. The van der Waals surface area contributed by atoms with Crippen LogP contribution in [0.25, 0.3) is 0 Å². The summed E-state index contributed by atoms with van der Waals surface area (Å²) in [7, 11) is 0. The Bertz CT molecular complexity index is 157. The van der Waals surface area contributed by atoms with Crippen molar-refractivity contribution < 1.29 is 36.4 Å². The Labute approximate surface area is 100 Å². The number of rotatable bonds is 8. The molecule has 0 saturated heterocycles. The molecule has 0 saturated carbocycles. The van der Waals surface area contributed by atoms with Crippen LogP contribution in [-0.4, -0.2) is 17.7 Å². The zero-order chi connectivity index (χ0) is 9.94. The number of aliphatic carboxylic acids is 1. The summed E-state index contributed by atoms with van der Waals surface area (Å²) in [6.07, 6.45) is 9.21. The number of carboxylic acid groups (broad SMARTS) is 1. The SMILES string of the molecule is CCCCCCC=COCC(=O)O.[Ti]. The number of unbranched alkanes of at least 4 members (excludes halogenated alkanes) is 4. The number of carboxylic acids is 1. The second-order valence-electron chi connectivity index (χ2n) is 2.93. The van der Waals surface area contributed by atoms with Crippen LogP contribution in [0.15, 0.2) is 12.3 Å². The maximum atomic E-state index is 10.0. The second-order valence-corrected chi connectivity index (χ2v) is 2.93. The van der Waals surface area contributed by atoms with Gasteiger partial charge in [-0.05, 0) is 18.9 Å². The first-order valence-corrected chi connectivity index (χ1v) is 4.75. The molecule has 80 valence electrons. The van der Waals surface area contributed by atoms with Gasteiger partial charge in [-0.15, -0.1) is 0 Å². The molecular weight excluding hydrogens is 216 g/mol. The van der Waals surface area contributed by atoms with Crippen molar-refractivity contribution in [1.82, 2.24) is 0 Å². The molecule has 0 spiro atoms. The fraction of sp³-hybridized carbons (Fsp3) is 0.700. The minimum Gasteiger partial charge on any atom is -0.490 e. The Kier molecular flexibility index (Phi) is 14.7. The summed E-state index contributed by atoms with van der Waals surface area (Å²) in [5, 5.41) is 8.23. The van der Waals surface area contributed by atoms with E-state index in [-0.39, 0.29) is 28.3 Å². The molecule has 0 aliphatic carbocycles. The third kappa shape index (κ3) is 14.3. The molecule has 0 amide bonds. The van der Waals surface area contributed by atoms with Crippen LogP contribution >= 0.6 is 0 Å². The summed E-state index contributed by atoms with van der Waals surface area (Å²) in [6, 6.07) is 0. The molecule has 0 aliphatic rings. The van der Waals surface area contributed by atoms with Crippen LogP contribution in [0.5, 0.6) is 0 Å². The Morgan fingerprint density at radius 1 is 1.36 bits per heavy atom. The van der Waals surface area contributed by atoms with Crippen molar-refractivity contribution >= 4 is 5.97 Å². The predicted octanol–water partition coefficient (Wildman–Crippen LogP) is 2.57. The van der Waals surface area contributed by atoms with Crippen LogP contribution in [-0.2, 0) is 31.2 Å². The predicted molar refractivity (Wildman–Crippen MR) is 51.5 cm³/mol. The van der Waals surface area contributed by atoms with Crippen molar-refractivity contribution in [2.24, 2.45) is 0 Å². The van der Waals surface area contributed by atoms with Crippen molar-refractivity contribution in [3.05, 3.63) is 12.3 Å². The van der Waals surface area contributed by atoms with Gasteiger partial charge in [-0.25, -0.2) is 4.79 Å². The maximum Gasteiger partial charge on any atom is 0.341 e. The first kappa shape index (κ1) is 16.2. The fourth-order valence-corrected chi connectivity index (χ4v) is 0.944. The number of ether oxygens (including phenoxy) is 1. The van der Waals surface area contributed by atoms with Gasteiger partial charge in [0.05, 0.1) is 6.26 Å². The Balaban J connectivity index is 0. The van der Waals surface area contributed by atoms with E-state index >= 15 is 0 Å². The first-order valence-electron chi connectivity index (χ1n) is 4.75. The van der Waals surface area contributed by atoms with Crippen LogP contribution in [0.1, 0.15) is 39.0 Å². The molecular formula is C10H18O3Ti. The summed E-state index contributed by atoms with van der Waals surface area (Å²) in [5.74, 6) is -0.935. The van der Waals surface area contributed by atoms with Gasteiger partial charge in [0.25, 0.3) is 0 Å². The number of carbonyl (C=O) groups is 1. The van der Waals surface area contributed by atoms with Crippen LogP contribution in [0, 0.1) is 0 Å². The van der Waals surface area contributed by atoms with E-state index in [0.717, 1.165) is 12.8 Å². The van der Waals surface area contributed by atoms with Crippen molar-refractivity contribution in [2.45, 2.75) is 39.0 Å². The Morgan fingerprint density at radius 2 is 2.07 bits per heavy atom. The van der Waals surface area contributed by atoms with Gasteiger partial charge in [0.2, 0.25) is 0 Å². The summed E-state index contributed by atoms with van der Waals surface area (Å²) >= 11 is 0. The molecule has 0 atom stereocenters. The van der Waals surface area contributed by atoms with Crippen LogP contribution in [0.2, 0.25) is 0 Å². The van der Waals surface area contributed by atoms with Crippen LogP contribution in [0.3, 0.4) is 0 Å². The zero-order valence-corrected chi connectivity index (χ0v) is 10.2. The van der Waals surface area contributed by atoms with E-state index in [1.165, 1.54) is 25.5 Å². The van der Waals surface area contributed by atoms with Gasteiger partial charge in [-0.3, -0.25) is 0 Å². The number of hydrogen-bond donors (Lipinski definition) is 1. The molecule has 0 aliphatic heterocycles. The molecule has 0 aromatic carbocycles. The van der Waals surface area contributed by atoms with E-state index in [1.807, 2.05) is 6.08 Å². The van der Waals surface area contributed by atoms with Crippen LogP contribution in [0.4, 0.5) is 0 Å². The molecule has 14 heavy (non-hydrogen) atoms. The summed E-state index contributed by atoms with van der Waals surface area (Å²) in [5.41, 5.74) is 0. The standard InChI is InChI=1S/C10H18O3.Ti/c1-2-3-4-5-6-7-8-13-9-10(11)12;/h7-8H,2-6,9H2,1H3,(H,11,12);. The minimum atomic E-state index is -0.935. The molecule has 0 unspecified atom stereocenters. The molecule has 0 radical (unpaired) electrons. The zero-order valence-electron chi connectivity index (χ0n) is 8.66. The van der Waals surface area contributed by atoms with Gasteiger partial charge < -0.3 is 9.84 Å². The maximum absolute atomic E-state index is 10.0. The third-order valence-electron chi connectivity index (χ3n) is 1.62. The number of allylic oxidation sites excluding steroid dienone is 1. The van der Waals surface area contributed by atoms with Crippen molar-refractivity contribution in [3.8, 4) is 0 Å². The average Bonchev–Trinajstić information content (AvgIpc) is 2.09. The molecule has 0 aromatic rings. The van der Waals surface area contributed by atoms with E-state index in [1.54, 1.807) is 0 Å². The molecule has 0 rings (SSSR count). The van der Waals surface area contributed by atoms with E-state index in [9.17, 15) is 4.79 Å². The summed E-state index contributed by atoms with van der Waals surface area (Å²) in [6.45, 7) is 1.93. The van der Waals surface area contributed by atoms with E-state index in [0.29, 0.717) is 0 Å². The van der Waals surface area contributed by atoms with E-state index < -0.39 is 5.97 Å². The van der Waals surface area contributed by atoms with Crippen LogP contribution < -0.4 is 0 Å². The van der Waals surface area contributed by atoms with Crippen molar-refractivity contribution in [2.75, 3.05) is 6.61 Å². The monoisotopic (exact) mass is 234 g/mol. The van der Waals surface area contributed by atoms with Gasteiger partial charge >= 0.3 is 5.97 Å². The molecule has 3 nitrogen and oxygen atoms in total. The largest absolute Gasteiger partial charge is 0.490 e.